The van der Waals surface area contributed by atoms with Crippen LogP contribution in [0.4, 0.5) is 0 Å². The smallest absolute Gasteiger partial charge is 0.210 e. The molecule has 1 amide bonds. The third-order valence-electron chi connectivity index (χ3n) is 1.85. The zero-order valence-corrected chi connectivity index (χ0v) is 5.93. The summed E-state index contributed by atoms with van der Waals surface area (Å²) in [6.07, 6.45) is 1.91. The van der Waals surface area contributed by atoms with Crippen LogP contribution in [0.5, 0.6) is 0 Å². The third kappa shape index (κ3) is 1.37. The van der Waals surface area contributed by atoms with Crippen LogP contribution in [0.15, 0.2) is 0 Å². The quantitative estimate of drug-likeness (QED) is 0.504. The lowest BCUT2D eigenvalue weighted by molar-refractivity contribution is -0.118. The zero-order chi connectivity index (χ0) is 8.27. The summed E-state index contributed by atoms with van der Waals surface area (Å²) in [5, 5.41) is 8.51. The summed E-state index contributed by atoms with van der Waals surface area (Å²) in [4.78, 5) is 21.9. The number of aldehydes is 1. The van der Waals surface area contributed by atoms with E-state index in [0.29, 0.717) is 19.4 Å². The second-order valence-electron chi connectivity index (χ2n) is 2.58. The predicted molar refractivity (Wildman–Crippen MR) is 36.3 cm³/mol. The highest BCUT2D eigenvalue weighted by Crippen LogP contribution is 2.18. The van der Waals surface area contributed by atoms with Gasteiger partial charge in [-0.1, -0.05) is 0 Å². The minimum atomic E-state index is -0.400. The summed E-state index contributed by atoms with van der Waals surface area (Å²) in [7, 11) is 0. The molecule has 0 saturated carbocycles. The number of hydrogen-bond donors (Lipinski definition) is 0. The van der Waals surface area contributed by atoms with Crippen LogP contribution >= 0.6 is 0 Å². The van der Waals surface area contributed by atoms with E-state index in [4.69, 9.17) is 5.26 Å². The molecule has 4 heteroatoms. The second-order valence-corrected chi connectivity index (χ2v) is 2.58. The number of rotatable bonds is 2. The highest BCUT2D eigenvalue weighted by molar-refractivity contribution is 5.58. The van der Waals surface area contributed by atoms with Crippen LogP contribution in [0, 0.1) is 17.2 Å². The molecule has 2 atom stereocenters. The minimum Gasteiger partial charge on any atom is -0.328 e. The molecule has 1 fully saturated rings. The number of nitrogens with zero attached hydrogens (tertiary/aromatic N) is 2. The molecule has 1 unspecified atom stereocenters. The molecule has 0 aromatic rings. The maximum Gasteiger partial charge on any atom is 0.210 e. The first-order valence-corrected chi connectivity index (χ1v) is 3.37. The lowest BCUT2D eigenvalue weighted by Crippen LogP contribution is -2.26. The van der Waals surface area contributed by atoms with Gasteiger partial charge in [0.15, 0.2) is 0 Å². The van der Waals surface area contributed by atoms with Gasteiger partial charge in [-0.3, -0.25) is 4.79 Å². The van der Waals surface area contributed by atoms with Gasteiger partial charge in [0.25, 0.3) is 0 Å². The molecule has 0 aromatic heterocycles. The van der Waals surface area contributed by atoms with Crippen LogP contribution in [-0.2, 0) is 9.59 Å². The molecular formula is C7H8N2O2. The molecule has 0 aromatic carbocycles. The average Bonchev–Trinajstić information content (AvgIpc) is 2.46. The van der Waals surface area contributed by atoms with E-state index in [0.717, 1.165) is 6.29 Å². The molecule has 1 heterocycles. The monoisotopic (exact) mass is 152 g/mol. The fourth-order valence-corrected chi connectivity index (χ4v) is 1.24. The van der Waals surface area contributed by atoms with Crippen molar-refractivity contribution >= 4 is 12.7 Å². The van der Waals surface area contributed by atoms with Gasteiger partial charge in [-0.05, 0) is 6.42 Å². The minimum absolute atomic E-state index is 0.148. The second kappa shape index (κ2) is 3.15. The standard InChI is InChI=1S/C7H8N2O2/c8-2-7-1-6(4-10)3-9(7)5-11/h4-7H,1,3H2/t6?,7-/m0/s1. The first-order valence-electron chi connectivity index (χ1n) is 3.37. The molecule has 0 spiro atoms. The number of likely N-dealkylation sites (tertiary alicyclic amines) is 1. The van der Waals surface area contributed by atoms with Crippen LogP contribution < -0.4 is 0 Å². The van der Waals surface area contributed by atoms with Crippen molar-refractivity contribution in [3.63, 3.8) is 0 Å². The molecule has 1 aliphatic heterocycles. The Morgan fingerprint density at radius 3 is 2.64 bits per heavy atom. The third-order valence-corrected chi connectivity index (χ3v) is 1.85. The average molecular weight is 152 g/mol. The van der Waals surface area contributed by atoms with Crippen LogP contribution in [0.25, 0.3) is 0 Å². The molecule has 58 valence electrons. The SMILES string of the molecule is N#C[C@@H]1CC(C=O)CN1C=O. The molecule has 0 radical (unpaired) electrons. The van der Waals surface area contributed by atoms with Gasteiger partial charge in [0.05, 0.1) is 6.07 Å². The highest BCUT2D eigenvalue weighted by atomic mass is 16.1. The van der Waals surface area contributed by atoms with E-state index in [1.165, 1.54) is 4.90 Å². The fraction of sp³-hybridized carbons (Fsp3) is 0.571. The summed E-state index contributed by atoms with van der Waals surface area (Å²) in [6, 6.07) is 1.56. The normalized spacial score (nSPS) is 29.5. The van der Waals surface area contributed by atoms with Crippen LogP contribution in [0.2, 0.25) is 0 Å². The van der Waals surface area contributed by atoms with Gasteiger partial charge in [-0.2, -0.15) is 5.26 Å². The summed E-state index contributed by atoms with van der Waals surface area (Å²) in [6.45, 7) is 0.394. The molecular weight excluding hydrogens is 144 g/mol. The molecule has 1 aliphatic rings. The van der Waals surface area contributed by atoms with Crippen molar-refractivity contribution in [2.24, 2.45) is 5.92 Å². The Balaban J connectivity index is 2.62. The number of carbonyl (C=O) groups excluding carboxylic acids is 2. The van der Waals surface area contributed by atoms with E-state index in [9.17, 15) is 9.59 Å². The van der Waals surface area contributed by atoms with Gasteiger partial charge in [0, 0.05) is 12.5 Å². The van der Waals surface area contributed by atoms with E-state index < -0.39 is 6.04 Å². The predicted octanol–water partition coefficient (Wildman–Crippen LogP) is -0.444. The Labute approximate surface area is 64.4 Å². The molecule has 11 heavy (non-hydrogen) atoms. The molecule has 0 bridgehead atoms. The summed E-state index contributed by atoms with van der Waals surface area (Å²) in [5.41, 5.74) is 0. The van der Waals surface area contributed by atoms with E-state index in [1.807, 2.05) is 6.07 Å². The van der Waals surface area contributed by atoms with Gasteiger partial charge in [-0.25, -0.2) is 0 Å². The highest BCUT2D eigenvalue weighted by Gasteiger charge is 2.30. The number of hydrogen-bond acceptors (Lipinski definition) is 3. The van der Waals surface area contributed by atoms with Crippen molar-refractivity contribution in [3.8, 4) is 6.07 Å². The molecule has 0 N–H and O–H groups in total. The van der Waals surface area contributed by atoms with Crippen molar-refractivity contribution < 1.29 is 9.59 Å². The van der Waals surface area contributed by atoms with Crippen molar-refractivity contribution in [1.82, 2.24) is 4.90 Å². The van der Waals surface area contributed by atoms with Gasteiger partial charge >= 0.3 is 0 Å². The number of nitriles is 1. The van der Waals surface area contributed by atoms with Crippen molar-refractivity contribution in [3.05, 3.63) is 0 Å². The molecule has 1 rings (SSSR count). The van der Waals surface area contributed by atoms with Gasteiger partial charge in [0.1, 0.15) is 12.3 Å². The zero-order valence-electron chi connectivity index (χ0n) is 5.93. The van der Waals surface area contributed by atoms with Crippen LogP contribution in [0.3, 0.4) is 0 Å². The Hall–Kier alpha value is -1.37. The van der Waals surface area contributed by atoms with Gasteiger partial charge in [-0.15, -0.1) is 0 Å². The Morgan fingerprint density at radius 2 is 2.27 bits per heavy atom. The lowest BCUT2D eigenvalue weighted by Gasteiger charge is -2.10. The first-order chi connectivity index (χ1) is 5.31. The van der Waals surface area contributed by atoms with E-state index in [2.05, 4.69) is 0 Å². The van der Waals surface area contributed by atoms with Gasteiger partial charge in [0.2, 0.25) is 6.41 Å². The summed E-state index contributed by atoms with van der Waals surface area (Å²) < 4.78 is 0. The molecule has 4 nitrogen and oxygen atoms in total. The van der Waals surface area contributed by atoms with E-state index >= 15 is 0 Å². The first kappa shape index (κ1) is 7.73. The maximum atomic E-state index is 10.3. The van der Waals surface area contributed by atoms with Crippen molar-refractivity contribution in [1.29, 1.82) is 5.26 Å². The summed E-state index contributed by atoms with van der Waals surface area (Å²) in [5.74, 6) is -0.148. The Bertz CT molecular complexity index is 209. The summed E-state index contributed by atoms with van der Waals surface area (Å²) >= 11 is 0. The van der Waals surface area contributed by atoms with Crippen LogP contribution in [-0.4, -0.2) is 30.2 Å². The number of amides is 1. The topological polar surface area (TPSA) is 61.2 Å². The largest absolute Gasteiger partial charge is 0.328 e. The lowest BCUT2D eigenvalue weighted by atomic mass is 10.1. The Morgan fingerprint density at radius 1 is 1.55 bits per heavy atom. The van der Waals surface area contributed by atoms with Crippen LogP contribution in [0.1, 0.15) is 6.42 Å². The molecule has 1 saturated heterocycles. The maximum absolute atomic E-state index is 10.3. The van der Waals surface area contributed by atoms with Crippen molar-refractivity contribution in [2.75, 3.05) is 6.54 Å². The van der Waals surface area contributed by atoms with Gasteiger partial charge < -0.3 is 9.69 Å². The Kier molecular flexibility index (Phi) is 2.21. The van der Waals surface area contributed by atoms with E-state index in [-0.39, 0.29) is 5.92 Å². The van der Waals surface area contributed by atoms with Crippen molar-refractivity contribution in [2.45, 2.75) is 12.5 Å². The fourth-order valence-electron chi connectivity index (χ4n) is 1.24. The van der Waals surface area contributed by atoms with E-state index in [1.54, 1.807) is 0 Å². The number of carbonyl (C=O) groups is 2. The molecule has 0 aliphatic carbocycles.